The lowest BCUT2D eigenvalue weighted by Crippen LogP contribution is -2.42. The highest BCUT2D eigenvalue weighted by Gasteiger charge is 2.31. The number of benzene rings is 1. The van der Waals surface area contributed by atoms with Crippen LogP contribution in [0.3, 0.4) is 0 Å². The SMILES string of the molecule is Cc1ccc(-n2cnnc2SCC(=O)NC(C)(C)c2noc(C(C)(C)C)n2)cc1. The summed E-state index contributed by atoms with van der Waals surface area (Å²) in [5.74, 6) is 1.03. The molecule has 154 valence electrons. The number of carbonyl (C=O) groups excluding carboxylic acids is 1. The molecule has 0 spiro atoms. The van der Waals surface area contributed by atoms with Crippen LogP contribution in [0.1, 0.15) is 51.9 Å². The molecule has 0 aliphatic carbocycles. The fraction of sp³-hybridized carbons (Fsp3) is 0.450. The zero-order valence-corrected chi connectivity index (χ0v) is 18.4. The quantitative estimate of drug-likeness (QED) is 0.617. The van der Waals surface area contributed by atoms with Gasteiger partial charge in [-0.25, -0.2) is 0 Å². The van der Waals surface area contributed by atoms with Crippen molar-refractivity contribution in [2.75, 3.05) is 5.75 Å². The van der Waals surface area contributed by atoms with Gasteiger partial charge in [-0.05, 0) is 32.9 Å². The average Bonchev–Trinajstić information content (AvgIpc) is 3.30. The number of hydrogen-bond donors (Lipinski definition) is 1. The van der Waals surface area contributed by atoms with Crippen LogP contribution in [0.5, 0.6) is 0 Å². The minimum absolute atomic E-state index is 0.152. The Morgan fingerprint density at radius 1 is 1.17 bits per heavy atom. The molecule has 9 heteroatoms. The number of carbonyl (C=O) groups is 1. The molecule has 0 saturated heterocycles. The van der Waals surface area contributed by atoms with Gasteiger partial charge in [-0.2, -0.15) is 4.98 Å². The van der Waals surface area contributed by atoms with Crippen molar-refractivity contribution in [2.45, 2.75) is 57.7 Å². The second-order valence-corrected chi connectivity index (χ2v) is 9.40. The lowest BCUT2D eigenvalue weighted by atomic mass is 9.97. The van der Waals surface area contributed by atoms with Gasteiger partial charge in [0.25, 0.3) is 0 Å². The van der Waals surface area contributed by atoms with Crippen molar-refractivity contribution in [2.24, 2.45) is 0 Å². The molecule has 0 aliphatic heterocycles. The summed E-state index contributed by atoms with van der Waals surface area (Å²) in [5, 5.41) is 15.8. The standard InChI is InChI=1S/C20H26N6O2S/c1-13-7-9-14(10-8-13)26-12-21-24-18(26)29-11-15(27)23-20(5,6)16-22-17(28-25-16)19(2,3)4/h7-10,12H,11H2,1-6H3,(H,23,27). The van der Waals surface area contributed by atoms with Crippen LogP contribution in [0.15, 0.2) is 40.3 Å². The first-order valence-electron chi connectivity index (χ1n) is 9.32. The molecule has 3 aromatic rings. The number of hydrogen-bond acceptors (Lipinski definition) is 7. The van der Waals surface area contributed by atoms with Gasteiger partial charge in [0.2, 0.25) is 11.8 Å². The Labute approximate surface area is 174 Å². The van der Waals surface area contributed by atoms with Gasteiger partial charge in [0, 0.05) is 11.1 Å². The highest BCUT2D eigenvalue weighted by Crippen LogP contribution is 2.25. The van der Waals surface area contributed by atoms with Crippen LogP contribution in [-0.2, 0) is 15.7 Å². The molecular formula is C20H26N6O2S. The number of nitrogens with zero attached hydrogens (tertiary/aromatic N) is 5. The fourth-order valence-corrected chi connectivity index (χ4v) is 3.29. The Morgan fingerprint density at radius 3 is 2.48 bits per heavy atom. The number of aryl methyl sites for hydroxylation is 1. The molecule has 0 radical (unpaired) electrons. The number of nitrogens with one attached hydrogen (secondary N) is 1. The lowest BCUT2D eigenvalue weighted by Gasteiger charge is -2.22. The minimum atomic E-state index is -0.755. The molecule has 0 unspecified atom stereocenters. The number of aromatic nitrogens is 5. The van der Waals surface area contributed by atoms with Crippen molar-refractivity contribution < 1.29 is 9.32 Å². The molecule has 0 bridgehead atoms. The summed E-state index contributed by atoms with van der Waals surface area (Å²) in [6.07, 6.45) is 1.64. The molecule has 0 fully saturated rings. The molecule has 1 N–H and O–H groups in total. The molecule has 0 saturated carbocycles. The first-order chi connectivity index (χ1) is 13.6. The van der Waals surface area contributed by atoms with Gasteiger partial charge in [-0.15, -0.1) is 10.2 Å². The third kappa shape index (κ3) is 5.03. The number of rotatable bonds is 6. The zero-order valence-electron chi connectivity index (χ0n) is 17.6. The van der Waals surface area contributed by atoms with E-state index in [1.807, 2.05) is 70.4 Å². The molecule has 1 aromatic carbocycles. The van der Waals surface area contributed by atoms with E-state index in [4.69, 9.17) is 4.52 Å². The molecule has 2 aromatic heterocycles. The van der Waals surface area contributed by atoms with Crippen LogP contribution in [0.4, 0.5) is 0 Å². The Hall–Kier alpha value is -2.68. The summed E-state index contributed by atoms with van der Waals surface area (Å²) in [7, 11) is 0. The Balaban J connectivity index is 1.64. The minimum Gasteiger partial charge on any atom is -0.343 e. The maximum absolute atomic E-state index is 12.5. The number of amides is 1. The Morgan fingerprint density at radius 2 is 1.86 bits per heavy atom. The third-order valence-electron chi connectivity index (χ3n) is 4.24. The van der Waals surface area contributed by atoms with Crippen LogP contribution in [-0.4, -0.2) is 36.6 Å². The fourth-order valence-electron chi connectivity index (χ4n) is 2.56. The summed E-state index contributed by atoms with van der Waals surface area (Å²) in [4.78, 5) is 17.0. The van der Waals surface area contributed by atoms with E-state index in [0.29, 0.717) is 16.9 Å². The topological polar surface area (TPSA) is 98.7 Å². The van der Waals surface area contributed by atoms with Gasteiger partial charge >= 0.3 is 0 Å². The molecule has 29 heavy (non-hydrogen) atoms. The van der Waals surface area contributed by atoms with E-state index in [-0.39, 0.29) is 17.1 Å². The average molecular weight is 415 g/mol. The molecule has 8 nitrogen and oxygen atoms in total. The van der Waals surface area contributed by atoms with Crippen LogP contribution in [0.25, 0.3) is 5.69 Å². The summed E-state index contributed by atoms with van der Waals surface area (Å²) < 4.78 is 7.21. The van der Waals surface area contributed by atoms with Crippen LogP contribution < -0.4 is 5.32 Å². The molecular weight excluding hydrogens is 388 g/mol. The normalized spacial score (nSPS) is 12.2. The highest BCUT2D eigenvalue weighted by molar-refractivity contribution is 7.99. The van der Waals surface area contributed by atoms with Crippen LogP contribution >= 0.6 is 11.8 Å². The second kappa shape index (κ2) is 7.98. The van der Waals surface area contributed by atoms with Crippen molar-refractivity contribution in [3.63, 3.8) is 0 Å². The van der Waals surface area contributed by atoms with Gasteiger partial charge in [0.15, 0.2) is 11.0 Å². The van der Waals surface area contributed by atoms with Gasteiger partial charge < -0.3 is 9.84 Å². The van der Waals surface area contributed by atoms with Crippen molar-refractivity contribution >= 4 is 17.7 Å². The van der Waals surface area contributed by atoms with E-state index < -0.39 is 5.54 Å². The first-order valence-corrected chi connectivity index (χ1v) is 10.3. The lowest BCUT2D eigenvalue weighted by molar-refractivity contribution is -0.120. The van der Waals surface area contributed by atoms with Crippen molar-refractivity contribution in [3.05, 3.63) is 47.9 Å². The summed E-state index contributed by atoms with van der Waals surface area (Å²) in [5.41, 5.74) is 1.12. The smallest absolute Gasteiger partial charge is 0.232 e. The highest BCUT2D eigenvalue weighted by atomic mass is 32.2. The molecule has 3 rings (SSSR count). The van der Waals surface area contributed by atoms with E-state index in [0.717, 1.165) is 5.69 Å². The molecule has 1 amide bonds. The van der Waals surface area contributed by atoms with Gasteiger partial charge in [-0.1, -0.05) is 55.4 Å². The summed E-state index contributed by atoms with van der Waals surface area (Å²) >= 11 is 1.32. The van der Waals surface area contributed by atoms with Crippen LogP contribution in [0, 0.1) is 6.92 Å². The van der Waals surface area contributed by atoms with Crippen molar-refractivity contribution in [1.82, 2.24) is 30.2 Å². The summed E-state index contributed by atoms with van der Waals surface area (Å²) in [6, 6.07) is 8.04. The largest absolute Gasteiger partial charge is 0.343 e. The predicted octanol–water partition coefficient (Wildman–Crippen LogP) is 3.40. The van der Waals surface area contributed by atoms with Crippen molar-refractivity contribution in [3.8, 4) is 5.69 Å². The second-order valence-electron chi connectivity index (χ2n) is 8.45. The van der Waals surface area contributed by atoms with E-state index in [9.17, 15) is 4.79 Å². The zero-order chi connectivity index (χ0) is 21.2. The Kier molecular flexibility index (Phi) is 5.79. The maximum atomic E-state index is 12.5. The van der Waals surface area contributed by atoms with Crippen LogP contribution in [0.2, 0.25) is 0 Å². The van der Waals surface area contributed by atoms with E-state index >= 15 is 0 Å². The maximum Gasteiger partial charge on any atom is 0.232 e. The molecule has 0 aliphatic rings. The summed E-state index contributed by atoms with van der Waals surface area (Å²) in [6.45, 7) is 11.7. The van der Waals surface area contributed by atoms with E-state index in [1.165, 1.54) is 17.3 Å². The molecule has 0 atom stereocenters. The van der Waals surface area contributed by atoms with E-state index in [1.54, 1.807) is 6.33 Å². The monoisotopic (exact) mass is 414 g/mol. The molecule has 2 heterocycles. The van der Waals surface area contributed by atoms with E-state index in [2.05, 4.69) is 25.7 Å². The van der Waals surface area contributed by atoms with Gasteiger partial charge in [0.1, 0.15) is 6.33 Å². The number of thioether (sulfide) groups is 1. The van der Waals surface area contributed by atoms with Gasteiger partial charge in [0.05, 0.1) is 11.3 Å². The van der Waals surface area contributed by atoms with Crippen molar-refractivity contribution in [1.29, 1.82) is 0 Å². The Bertz CT molecular complexity index is 985. The van der Waals surface area contributed by atoms with Gasteiger partial charge in [-0.3, -0.25) is 9.36 Å². The third-order valence-corrected chi connectivity index (χ3v) is 5.18. The first kappa shape index (κ1) is 21.0. The predicted molar refractivity (Wildman–Crippen MR) is 111 cm³/mol.